The lowest BCUT2D eigenvalue weighted by molar-refractivity contribution is 0.0905. The van der Waals surface area contributed by atoms with Crippen molar-refractivity contribution in [2.45, 2.75) is 51.0 Å². The molecule has 5 rings (SSSR count). The highest BCUT2D eigenvalue weighted by atomic mass is 16.3. The Bertz CT molecular complexity index is 963. The summed E-state index contributed by atoms with van der Waals surface area (Å²) in [5, 5.41) is 5.78. The third-order valence-electron chi connectivity index (χ3n) is 6.39. The maximum atomic E-state index is 13.2. The molecule has 0 radical (unpaired) electrons. The average Bonchev–Trinajstić information content (AvgIpc) is 3.35. The molecule has 1 aromatic heterocycles. The third kappa shape index (κ3) is 3.05. The van der Waals surface area contributed by atoms with Gasteiger partial charge in [0, 0.05) is 18.0 Å². The number of hydrogen-bond donors (Lipinski definition) is 1. The number of nitrogens with one attached hydrogen (secondary N) is 1. The number of amides is 1. The first-order valence-electron chi connectivity index (χ1n) is 10.2. The Balaban J connectivity index is 1.40. The van der Waals surface area contributed by atoms with Crippen molar-refractivity contribution in [2.75, 3.05) is 0 Å². The van der Waals surface area contributed by atoms with E-state index in [-0.39, 0.29) is 11.9 Å². The molecule has 2 atom stereocenters. The number of carbonyl (C=O) groups is 1. The van der Waals surface area contributed by atoms with Crippen LogP contribution in [0, 0.1) is 5.92 Å². The van der Waals surface area contributed by atoms with Crippen molar-refractivity contribution in [1.82, 2.24) is 5.32 Å². The first kappa shape index (κ1) is 16.6. The van der Waals surface area contributed by atoms with E-state index in [1.165, 1.54) is 29.4 Å². The second kappa shape index (κ2) is 6.88. The molecule has 2 aromatic carbocycles. The number of benzene rings is 2. The van der Waals surface area contributed by atoms with Gasteiger partial charge in [-0.25, -0.2) is 0 Å². The van der Waals surface area contributed by atoms with E-state index in [4.69, 9.17) is 4.42 Å². The van der Waals surface area contributed by atoms with Crippen molar-refractivity contribution in [2.24, 2.45) is 5.92 Å². The van der Waals surface area contributed by atoms with Gasteiger partial charge in [-0.1, -0.05) is 37.1 Å². The zero-order valence-corrected chi connectivity index (χ0v) is 15.5. The average molecular weight is 359 g/mol. The minimum absolute atomic E-state index is 0.0712. The number of hydrogen-bond acceptors (Lipinski definition) is 2. The van der Waals surface area contributed by atoms with Gasteiger partial charge in [-0.05, 0) is 71.7 Å². The monoisotopic (exact) mass is 359 g/mol. The summed E-state index contributed by atoms with van der Waals surface area (Å²) in [4.78, 5) is 13.2. The predicted octanol–water partition coefficient (Wildman–Crippen LogP) is 5.06. The van der Waals surface area contributed by atoms with Gasteiger partial charge in [0.1, 0.15) is 5.76 Å². The van der Waals surface area contributed by atoms with E-state index in [0.29, 0.717) is 5.92 Å². The zero-order valence-electron chi connectivity index (χ0n) is 15.5. The maximum absolute atomic E-state index is 13.2. The SMILES string of the molecule is O=C(N[C@H]1CCCC[C@@H]1Cc1ccco1)c1ccc2c3c(cccc13)CC2. The van der Waals surface area contributed by atoms with Crippen LogP contribution in [-0.4, -0.2) is 11.9 Å². The van der Waals surface area contributed by atoms with E-state index < -0.39 is 0 Å². The molecule has 1 fully saturated rings. The Morgan fingerprint density at radius 1 is 1.00 bits per heavy atom. The maximum Gasteiger partial charge on any atom is 0.252 e. The van der Waals surface area contributed by atoms with Gasteiger partial charge in [0.2, 0.25) is 0 Å². The number of furan rings is 1. The van der Waals surface area contributed by atoms with Crippen LogP contribution in [-0.2, 0) is 19.3 Å². The molecule has 2 aliphatic carbocycles. The molecule has 0 unspecified atom stereocenters. The molecule has 1 saturated carbocycles. The van der Waals surface area contributed by atoms with Crippen LogP contribution in [0.4, 0.5) is 0 Å². The van der Waals surface area contributed by atoms with Crippen LogP contribution >= 0.6 is 0 Å². The highest BCUT2D eigenvalue weighted by Gasteiger charge is 2.28. The van der Waals surface area contributed by atoms with Gasteiger partial charge in [-0.3, -0.25) is 4.79 Å². The molecule has 0 bridgehead atoms. The fraction of sp³-hybridized carbons (Fsp3) is 0.375. The molecular formula is C24H25NO2. The first-order valence-corrected chi connectivity index (χ1v) is 10.2. The normalized spacial score (nSPS) is 21.5. The first-order chi connectivity index (χ1) is 13.3. The third-order valence-corrected chi connectivity index (χ3v) is 6.39. The molecule has 138 valence electrons. The Morgan fingerprint density at radius 2 is 1.85 bits per heavy atom. The lowest BCUT2D eigenvalue weighted by Gasteiger charge is -2.32. The van der Waals surface area contributed by atoms with Crippen LogP contribution in [0.5, 0.6) is 0 Å². The molecule has 2 aliphatic rings. The van der Waals surface area contributed by atoms with Crippen molar-refractivity contribution in [3.63, 3.8) is 0 Å². The van der Waals surface area contributed by atoms with Crippen molar-refractivity contribution in [3.05, 3.63) is 71.2 Å². The summed E-state index contributed by atoms with van der Waals surface area (Å²) >= 11 is 0. The van der Waals surface area contributed by atoms with Gasteiger partial charge < -0.3 is 9.73 Å². The fourth-order valence-corrected chi connectivity index (χ4v) is 5.02. The molecule has 0 saturated heterocycles. The van der Waals surface area contributed by atoms with Gasteiger partial charge in [-0.2, -0.15) is 0 Å². The van der Waals surface area contributed by atoms with Crippen molar-refractivity contribution < 1.29 is 9.21 Å². The Morgan fingerprint density at radius 3 is 2.70 bits per heavy atom. The van der Waals surface area contributed by atoms with Gasteiger partial charge in [-0.15, -0.1) is 0 Å². The van der Waals surface area contributed by atoms with E-state index in [2.05, 4.69) is 29.6 Å². The summed E-state index contributed by atoms with van der Waals surface area (Å²) in [5.41, 5.74) is 3.58. The van der Waals surface area contributed by atoms with Crippen LogP contribution in [0.15, 0.2) is 53.1 Å². The van der Waals surface area contributed by atoms with Crippen molar-refractivity contribution in [1.29, 1.82) is 0 Å². The molecular weight excluding hydrogens is 334 g/mol. The molecule has 0 aliphatic heterocycles. The van der Waals surface area contributed by atoms with Crippen LogP contribution < -0.4 is 5.32 Å². The highest BCUT2D eigenvalue weighted by molar-refractivity contribution is 6.09. The fourth-order valence-electron chi connectivity index (χ4n) is 5.02. The standard InChI is InChI=1S/C24H25NO2/c26-24(21-13-12-17-11-10-16-6-3-8-20(21)23(16)17)25-22-9-2-1-5-18(22)15-19-7-4-14-27-19/h3-4,6-8,12-14,18,22H,1-2,5,9-11,15H2,(H,25,26)/t18-,22+/m1/s1. The van der Waals surface area contributed by atoms with E-state index in [1.807, 2.05) is 18.2 Å². The summed E-state index contributed by atoms with van der Waals surface area (Å²) < 4.78 is 5.55. The molecule has 3 heteroatoms. The molecule has 1 N–H and O–H groups in total. The molecule has 1 heterocycles. The van der Waals surface area contributed by atoms with E-state index in [0.717, 1.165) is 48.8 Å². The summed E-state index contributed by atoms with van der Waals surface area (Å²) in [6, 6.07) is 14.8. The number of aryl methyl sites for hydroxylation is 2. The molecule has 1 amide bonds. The predicted molar refractivity (Wildman–Crippen MR) is 107 cm³/mol. The Kier molecular flexibility index (Phi) is 4.23. The highest BCUT2D eigenvalue weighted by Crippen LogP contribution is 2.33. The van der Waals surface area contributed by atoms with Gasteiger partial charge in [0.25, 0.3) is 5.91 Å². The zero-order chi connectivity index (χ0) is 18.2. The topological polar surface area (TPSA) is 42.2 Å². The van der Waals surface area contributed by atoms with Crippen molar-refractivity contribution in [3.8, 4) is 0 Å². The summed E-state index contributed by atoms with van der Waals surface area (Å²) in [6.07, 6.45) is 9.44. The largest absolute Gasteiger partial charge is 0.469 e. The molecule has 3 nitrogen and oxygen atoms in total. The second-order valence-electron chi connectivity index (χ2n) is 8.02. The molecule has 3 aromatic rings. The van der Waals surface area contributed by atoms with E-state index in [1.54, 1.807) is 6.26 Å². The van der Waals surface area contributed by atoms with Crippen LogP contribution in [0.1, 0.15) is 52.9 Å². The molecule has 27 heavy (non-hydrogen) atoms. The smallest absolute Gasteiger partial charge is 0.252 e. The van der Waals surface area contributed by atoms with Crippen LogP contribution in [0.25, 0.3) is 10.8 Å². The minimum Gasteiger partial charge on any atom is -0.469 e. The second-order valence-corrected chi connectivity index (χ2v) is 8.02. The number of carbonyl (C=O) groups excluding carboxylic acids is 1. The lowest BCUT2D eigenvalue weighted by atomic mass is 9.81. The van der Waals surface area contributed by atoms with Gasteiger partial charge in [0.05, 0.1) is 6.26 Å². The number of rotatable bonds is 4. The van der Waals surface area contributed by atoms with Crippen molar-refractivity contribution >= 4 is 16.7 Å². The summed E-state index contributed by atoms with van der Waals surface area (Å²) in [7, 11) is 0. The minimum atomic E-state index is 0.0712. The lowest BCUT2D eigenvalue weighted by Crippen LogP contribution is -2.43. The molecule has 0 spiro atoms. The van der Waals surface area contributed by atoms with Crippen LogP contribution in [0.3, 0.4) is 0 Å². The quantitative estimate of drug-likeness (QED) is 0.707. The Hall–Kier alpha value is -2.55. The summed E-state index contributed by atoms with van der Waals surface area (Å²) in [6.45, 7) is 0. The van der Waals surface area contributed by atoms with Gasteiger partial charge >= 0.3 is 0 Å². The summed E-state index contributed by atoms with van der Waals surface area (Å²) in [5.74, 6) is 1.54. The van der Waals surface area contributed by atoms with E-state index in [9.17, 15) is 4.79 Å². The van der Waals surface area contributed by atoms with Gasteiger partial charge in [0.15, 0.2) is 0 Å². The van der Waals surface area contributed by atoms with E-state index >= 15 is 0 Å². The Labute approximate surface area is 159 Å². The van der Waals surface area contributed by atoms with Crippen LogP contribution in [0.2, 0.25) is 0 Å².